The van der Waals surface area contributed by atoms with Crippen molar-refractivity contribution in [1.82, 2.24) is 5.32 Å². The Kier molecular flexibility index (Phi) is 5.36. The Hall–Kier alpha value is -1.84. The molecule has 4 heteroatoms. The van der Waals surface area contributed by atoms with Crippen LogP contribution in [0.5, 0.6) is 5.75 Å². The molecular weight excluding hydrogens is 230 g/mol. The molecule has 4 nitrogen and oxygen atoms in total. The molecule has 0 radical (unpaired) electrons. The number of hydrogen-bond acceptors (Lipinski definition) is 3. The first-order chi connectivity index (χ1) is 8.49. The number of ether oxygens (including phenoxy) is 1. The van der Waals surface area contributed by atoms with Crippen molar-refractivity contribution in [3.05, 3.63) is 29.8 Å². The predicted octanol–water partition coefficient (Wildman–Crippen LogP) is 2.18. The molecule has 0 heterocycles. The fraction of sp³-hybridized carbons (Fsp3) is 0.429. The van der Waals surface area contributed by atoms with Crippen molar-refractivity contribution in [3.8, 4) is 5.75 Å². The molecule has 0 spiro atoms. The van der Waals surface area contributed by atoms with E-state index in [0.29, 0.717) is 24.3 Å². The van der Waals surface area contributed by atoms with E-state index < -0.39 is 0 Å². The van der Waals surface area contributed by atoms with Gasteiger partial charge in [-0.25, -0.2) is 0 Å². The number of amides is 1. The molecule has 0 aliphatic heterocycles. The number of rotatable bonds is 6. The van der Waals surface area contributed by atoms with Crippen LogP contribution in [0.1, 0.15) is 37.6 Å². The maximum Gasteiger partial charge on any atom is 0.223 e. The lowest BCUT2D eigenvalue weighted by Crippen LogP contribution is -2.31. The summed E-state index contributed by atoms with van der Waals surface area (Å²) in [6.45, 7) is 5.68. The zero-order valence-corrected chi connectivity index (χ0v) is 11.0. The van der Waals surface area contributed by atoms with Crippen molar-refractivity contribution in [2.75, 3.05) is 6.61 Å². The Bertz CT molecular complexity index is 410. The van der Waals surface area contributed by atoms with Crippen LogP contribution in [-0.4, -0.2) is 24.3 Å². The smallest absolute Gasteiger partial charge is 0.223 e. The summed E-state index contributed by atoms with van der Waals surface area (Å²) in [5.41, 5.74) is 0.653. The van der Waals surface area contributed by atoms with Crippen molar-refractivity contribution in [2.45, 2.75) is 33.2 Å². The molecule has 98 valence electrons. The molecule has 0 unspecified atom stereocenters. The van der Waals surface area contributed by atoms with Crippen LogP contribution in [0.15, 0.2) is 24.3 Å². The molecular formula is C14H19NO3. The van der Waals surface area contributed by atoms with E-state index in [4.69, 9.17) is 4.74 Å². The van der Waals surface area contributed by atoms with E-state index in [9.17, 15) is 9.59 Å². The third kappa shape index (κ3) is 4.99. The summed E-state index contributed by atoms with van der Waals surface area (Å²) in [5.74, 6) is 0.667. The van der Waals surface area contributed by atoms with Crippen LogP contribution in [0.25, 0.3) is 0 Å². The Morgan fingerprint density at radius 1 is 1.22 bits per heavy atom. The minimum absolute atomic E-state index is 0.0228. The second kappa shape index (κ2) is 6.79. The molecule has 1 aromatic carbocycles. The second-order valence-corrected chi connectivity index (χ2v) is 4.40. The summed E-state index contributed by atoms with van der Waals surface area (Å²) < 4.78 is 5.42. The van der Waals surface area contributed by atoms with Gasteiger partial charge in [-0.3, -0.25) is 9.59 Å². The average Bonchev–Trinajstić information content (AvgIpc) is 2.28. The molecule has 0 aliphatic rings. The van der Waals surface area contributed by atoms with Crippen molar-refractivity contribution in [3.63, 3.8) is 0 Å². The lowest BCUT2D eigenvalue weighted by molar-refractivity contribution is -0.122. The summed E-state index contributed by atoms with van der Waals surface area (Å²) in [6, 6.07) is 7.04. The topological polar surface area (TPSA) is 55.4 Å². The van der Waals surface area contributed by atoms with Gasteiger partial charge in [0.25, 0.3) is 0 Å². The average molecular weight is 249 g/mol. The highest BCUT2D eigenvalue weighted by Crippen LogP contribution is 2.12. The van der Waals surface area contributed by atoms with Crippen LogP contribution >= 0.6 is 0 Å². The van der Waals surface area contributed by atoms with Gasteiger partial charge >= 0.3 is 0 Å². The molecule has 0 bridgehead atoms. The van der Waals surface area contributed by atoms with E-state index in [1.807, 2.05) is 13.8 Å². The van der Waals surface area contributed by atoms with Gasteiger partial charge in [-0.05, 0) is 45.0 Å². The standard InChI is InChI=1S/C14H19NO3/c1-10(2)15-14(17)8-9-18-13-6-4-12(5-7-13)11(3)16/h4-7,10H,8-9H2,1-3H3,(H,15,17). The predicted molar refractivity (Wildman–Crippen MR) is 69.8 cm³/mol. The van der Waals surface area contributed by atoms with E-state index >= 15 is 0 Å². The minimum atomic E-state index is -0.0228. The van der Waals surface area contributed by atoms with Gasteiger partial charge in [0.1, 0.15) is 5.75 Å². The van der Waals surface area contributed by atoms with Crippen LogP contribution in [-0.2, 0) is 4.79 Å². The summed E-state index contributed by atoms with van der Waals surface area (Å²) >= 11 is 0. The molecule has 0 aliphatic carbocycles. The summed E-state index contributed by atoms with van der Waals surface area (Å²) in [7, 11) is 0. The first kappa shape index (κ1) is 14.2. The van der Waals surface area contributed by atoms with E-state index in [2.05, 4.69) is 5.32 Å². The van der Waals surface area contributed by atoms with Crippen molar-refractivity contribution >= 4 is 11.7 Å². The van der Waals surface area contributed by atoms with Crippen LogP contribution in [0.4, 0.5) is 0 Å². The largest absolute Gasteiger partial charge is 0.493 e. The van der Waals surface area contributed by atoms with E-state index in [1.165, 1.54) is 6.92 Å². The molecule has 1 rings (SSSR count). The van der Waals surface area contributed by atoms with Gasteiger partial charge in [-0.2, -0.15) is 0 Å². The van der Waals surface area contributed by atoms with Crippen LogP contribution in [0.3, 0.4) is 0 Å². The van der Waals surface area contributed by atoms with Gasteiger partial charge in [-0.1, -0.05) is 0 Å². The maximum absolute atomic E-state index is 11.4. The van der Waals surface area contributed by atoms with Gasteiger partial charge in [0.15, 0.2) is 5.78 Å². The van der Waals surface area contributed by atoms with Crippen LogP contribution in [0.2, 0.25) is 0 Å². The highest BCUT2D eigenvalue weighted by Gasteiger charge is 2.04. The van der Waals surface area contributed by atoms with Gasteiger partial charge in [0.05, 0.1) is 13.0 Å². The summed E-state index contributed by atoms with van der Waals surface area (Å²) in [5, 5.41) is 2.79. The molecule has 1 amide bonds. The molecule has 0 aromatic heterocycles. The van der Waals surface area contributed by atoms with E-state index in [1.54, 1.807) is 24.3 Å². The Morgan fingerprint density at radius 3 is 2.33 bits per heavy atom. The molecule has 0 saturated carbocycles. The van der Waals surface area contributed by atoms with Crippen molar-refractivity contribution in [1.29, 1.82) is 0 Å². The number of ketones is 1. The normalized spacial score (nSPS) is 10.2. The Labute approximate surface area is 107 Å². The van der Waals surface area contributed by atoms with E-state index in [-0.39, 0.29) is 17.7 Å². The molecule has 1 aromatic rings. The fourth-order valence-corrected chi connectivity index (χ4v) is 1.44. The van der Waals surface area contributed by atoms with Crippen molar-refractivity contribution < 1.29 is 14.3 Å². The number of benzene rings is 1. The third-order valence-corrected chi connectivity index (χ3v) is 2.31. The van der Waals surface area contributed by atoms with Gasteiger partial charge in [0.2, 0.25) is 5.91 Å². The molecule has 0 fully saturated rings. The van der Waals surface area contributed by atoms with Crippen LogP contribution < -0.4 is 10.1 Å². The van der Waals surface area contributed by atoms with Gasteiger partial charge < -0.3 is 10.1 Å². The van der Waals surface area contributed by atoms with Crippen molar-refractivity contribution in [2.24, 2.45) is 0 Å². The number of hydrogen-bond donors (Lipinski definition) is 1. The maximum atomic E-state index is 11.4. The van der Waals surface area contributed by atoms with Gasteiger partial charge in [0, 0.05) is 11.6 Å². The first-order valence-electron chi connectivity index (χ1n) is 6.02. The third-order valence-electron chi connectivity index (χ3n) is 2.31. The monoisotopic (exact) mass is 249 g/mol. The number of Topliss-reactive ketones (excluding diaryl/α,β-unsaturated/α-hetero) is 1. The Morgan fingerprint density at radius 2 is 1.83 bits per heavy atom. The summed E-state index contributed by atoms with van der Waals surface area (Å²) in [4.78, 5) is 22.4. The number of nitrogens with one attached hydrogen (secondary N) is 1. The molecule has 0 atom stereocenters. The number of carbonyl (C=O) groups is 2. The molecule has 18 heavy (non-hydrogen) atoms. The highest BCUT2D eigenvalue weighted by molar-refractivity contribution is 5.94. The lowest BCUT2D eigenvalue weighted by atomic mass is 10.1. The van der Waals surface area contributed by atoms with E-state index in [0.717, 1.165) is 0 Å². The fourth-order valence-electron chi connectivity index (χ4n) is 1.44. The Balaban J connectivity index is 2.35. The van der Waals surface area contributed by atoms with Crippen LogP contribution in [0, 0.1) is 0 Å². The molecule has 1 N–H and O–H groups in total. The zero-order valence-electron chi connectivity index (χ0n) is 11.0. The first-order valence-corrected chi connectivity index (χ1v) is 6.02. The zero-order chi connectivity index (χ0) is 13.5. The SMILES string of the molecule is CC(=O)c1ccc(OCCC(=O)NC(C)C)cc1. The minimum Gasteiger partial charge on any atom is -0.493 e. The summed E-state index contributed by atoms with van der Waals surface area (Å²) in [6.07, 6.45) is 0.326. The highest BCUT2D eigenvalue weighted by atomic mass is 16.5. The second-order valence-electron chi connectivity index (χ2n) is 4.40. The lowest BCUT2D eigenvalue weighted by Gasteiger charge is -2.09. The van der Waals surface area contributed by atoms with Gasteiger partial charge in [-0.15, -0.1) is 0 Å². The number of carbonyl (C=O) groups excluding carboxylic acids is 2. The molecule has 0 saturated heterocycles. The quantitative estimate of drug-likeness (QED) is 0.786.